The Kier molecular flexibility index (Phi) is 6.28. The van der Waals surface area contributed by atoms with Gasteiger partial charge in [-0.15, -0.1) is 0 Å². The van der Waals surface area contributed by atoms with Crippen LogP contribution in [0.25, 0.3) is 10.9 Å². The molecular formula is C20H22N4O5. The summed E-state index contributed by atoms with van der Waals surface area (Å²) in [4.78, 5) is 29.3. The summed E-state index contributed by atoms with van der Waals surface area (Å²) < 4.78 is 11.2. The van der Waals surface area contributed by atoms with Gasteiger partial charge in [0.1, 0.15) is 5.69 Å². The van der Waals surface area contributed by atoms with Gasteiger partial charge in [0.2, 0.25) is 0 Å². The highest BCUT2D eigenvalue weighted by atomic mass is 16.6. The SMILES string of the molecule is CCOc1ccc(CCNc2cc3nc[nH]c(=O)c3cc2[N+](=O)[O-])cc1OCC. The van der Waals surface area contributed by atoms with Crippen molar-refractivity contribution in [3.63, 3.8) is 0 Å². The largest absolute Gasteiger partial charge is 0.490 e. The molecule has 0 bridgehead atoms. The van der Waals surface area contributed by atoms with Gasteiger partial charge >= 0.3 is 0 Å². The van der Waals surface area contributed by atoms with E-state index in [-0.39, 0.29) is 11.1 Å². The maximum absolute atomic E-state index is 11.9. The van der Waals surface area contributed by atoms with Crippen LogP contribution in [0.3, 0.4) is 0 Å². The zero-order valence-corrected chi connectivity index (χ0v) is 16.2. The first-order valence-electron chi connectivity index (χ1n) is 9.31. The van der Waals surface area contributed by atoms with Crippen LogP contribution in [0.2, 0.25) is 0 Å². The average molecular weight is 398 g/mol. The Bertz CT molecular complexity index is 1080. The van der Waals surface area contributed by atoms with Crippen LogP contribution in [-0.4, -0.2) is 34.6 Å². The van der Waals surface area contributed by atoms with Crippen molar-refractivity contribution in [1.82, 2.24) is 9.97 Å². The molecule has 29 heavy (non-hydrogen) atoms. The molecule has 0 aliphatic rings. The maximum atomic E-state index is 11.9. The molecule has 0 aliphatic carbocycles. The van der Waals surface area contributed by atoms with Crippen LogP contribution in [0.4, 0.5) is 11.4 Å². The molecule has 0 atom stereocenters. The number of hydrogen-bond acceptors (Lipinski definition) is 7. The second-order valence-corrected chi connectivity index (χ2v) is 6.20. The predicted molar refractivity (Wildman–Crippen MR) is 110 cm³/mol. The van der Waals surface area contributed by atoms with Gasteiger partial charge in [0.05, 0.1) is 35.4 Å². The Morgan fingerprint density at radius 2 is 1.90 bits per heavy atom. The monoisotopic (exact) mass is 398 g/mol. The number of nitro groups is 1. The standard InChI is InChI=1S/C20H22N4O5/c1-3-28-18-6-5-13(9-19(18)29-4-2)7-8-21-16-11-15-14(10-17(16)24(26)27)20(25)23-12-22-15/h5-6,9-12,21H,3-4,7-8H2,1-2H3,(H,22,23,25). The molecule has 152 valence electrons. The van der Waals surface area contributed by atoms with Crippen LogP contribution in [0.15, 0.2) is 41.5 Å². The van der Waals surface area contributed by atoms with E-state index in [0.29, 0.717) is 48.9 Å². The molecule has 0 saturated carbocycles. The summed E-state index contributed by atoms with van der Waals surface area (Å²) in [6, 6.07) is 8.47. The van der Waals surface area contributed by atoms with Gasteiger partial charge in [-0.05, 0) is 44.0 Å². The fraction of sp³-hybridized carbons (Fsp3) is 0.300. The highest BCUT2D eigenvalue weighted by Crippen LogP contribution is 2.30. The topological polar surface area (TPSA) is 119 Å². The van der Waals surface area contributed by atoms with Crippen LogP contribution >= 0.6 is 0 Å². The zero-order chi connectivity index (χ0) is 20.8. The number of rotatable bonds is 9. The lowest BCUT2D eigenvalue weighted by Gasteiger charge is -2.13. The number of ether oxygens (including phenoxy) is 2. The smallest absolute Gasteiger partial charge is 0.293 e. The molecule has 1 aromatic heterocycles. The summed E-state index contributed by atoms with van der Waals surface area (Å²) in [6.07, 6.45) is 1.89. The number of nitrogens with one attached hydrogen (secondary N) is 2. The third-order valence-electron chi connectivity index (χ3n) is 4.29. The van der Waals surface area contributed by atoms with E-state index in [9.17, 15) is 14.9 Å². The molecule has 0 spiro atoms. The fourth-order valence-corrected chi connectivity index (χ4v) is 2.99. The second-order valence-electron chi connectivity index (χ2n) is 6.20. The van der Waals surface area contributed by atoms with E-state index in [4.69, 9.17) is 9.47 Å². The molecule has 2 aromatic carbocycles. The van der Waals surface area contributed by atoms with Crippen molar-refractivity contribution in [3.8, 4) is 11.5 Å². The summed E-state index contributed by atoms with van der Waals surface area (Å²) in [5.41, 5.74) is 1.13. The first-order valence-corrected chi connectivity index (χ1v) is 9.31. The van der Waals surface area contributed by atoms with Crippen molar-refractivity contribution in [2.75, 3.05) is 25.1 Å². The van der Waals surface area contributed by atoms with Gasteiger partial charge in [-0.3, -0.25) is 14.9 Å². The number of benzene rings is 2. The molecule has 0 aliphatic heterocycles. The van der Waals surface area contributed by atoms with Gasteiger partial charge in [-0.1, -0.05) is 6.07 Å². The van der Waals surface area contributed by atoms with Crippen molar-refractivity contribution >= 4 is 22.3 Å². The lowest BCUT2D eigenvalue weighted by Crippen LogP contribution is -2.10. The van der Waals surface area contributed by atoms with Crippen molar-refractivity contribution in [2.45, 2.75) is 20.3 Å². The van der Waals surface area contributed by atoms with E-state index in [1.807, 2.05) is 32.0 Å². The molecule has 3 aromatic rings. The molecule has 0 saturated heterocycles. The lowest BCUT2D eigenvalue weighted by molar-refractivity contribution is -0.383. The molecular weight excluding hydrogens is 376 g/mol. The minimum atomic E-state index is -0.516. The molecule has 0 unspecified atom stereocenters. The number of fused-ring (bicyclic) bond motifs is 1. The van der Waals surface area contributed by atoms with Gasteiger partial charge in [-0.2, -0.15) is 0 Å². The second kappa shape index (κ2) is 9.05. The van der Waals surface area contributed by atoms with E-state index in [1.165, 1.54) is 18.5 Å². The Balaban J connectivity index is 1.79. The number of H-pyrrole nitrogens is 1. The Morgan fingerprint density at radius 1 is 1.14 bits per heavy atom. The minimum Gasteiger partial charge on any atom is -0.490 e. The Hall–Kier alpha value is -3.62. The molecule has 3 rings (SSSR count). The summed E-state index contributed by atoms with van der Waals surface area (Å²) in [5.74, 6) is 1.36. The maximum Gasteiger partial charge on any atom is 0.293 e. The van der Waals surface area contributed by atoms with E-state index >= 15 is 0 Å². The van der Waals surface area contributed by atoms with Crippen LogP contribution in [0.1, 0.15) is 19.4 Å². The van der Waals surface area contributed by atoms with Crippen molar-refractivity contribution in [1.29, 1.82) is 0 Å². The zero-order valence-electron chi connectivity index (χ0n) is 16.2. The van der Waals surface area contributed by atoms with Gasteiger partial charge in [0, 0.05) is 12.6 Å². The number of nitrogens with zero attached hydrogens (tertiary/aromatic N) is 2. The highest BCUT2D eigenvalue weighted by Gasteiger charge is 2.17. The highest BCUT2D eigenvalue weighted by molar-refractivity contribution is 5.86. The van der Waals surface area contributed by atoms with Crippen molar-refractivity contribution in [2.24, 2.45) is 0 Å². The fourth-order valence-electron chi connectivity index (χ4n) is 2.99. The first kappa shape index (κ1) is 20.1. The number of aromatic nitrogens is 2. The summed E-state index contributed by atoms with van der Waals surface area (Å²) >= 11 is 0. The molecule has 2 N–H and O–H groups in total. The first-order chi connectivity index (χ1) is 14.0. The van der Waals surface area contributed by atoms with E-state index in [1.54, 1.807) is 0 Å². The molecule has 0 fully saturated rings. The summed E-state index contributed by atoms with van der Waals surface area (Å²) in [5, 5.41) is 14.7. The quantitative estimate of drug-likeness (QED) is 0.419. The normalized spacial score (nSPS) is 10.7. The van der Waals surface area contributed by atoms with Gasteiger partial charge in [-0.25, -0.2) is 4.98 Å². The van der Waals surface area contributed by atoms with Crippen LogP contribution in [0.5, 0.6) is 11.5 Å². The number of aromatic amines is 1. The Morgan fingerprint density at radius 3 is 2.62 bits per heavy atom. The third kappa shape index (κ3) is 4.63. The van der Waals surface area contributed by atoms with E-state index in [2.05, 4.69) is 15.3 Å². The van der Waals surface area contributed by atoms with E-state index < -0.39 is 10.5 Å². The molecule has 0 amide bonds. The molecule has 9 nitrogen and oxygen atoms in total. The van der Waals surface area contributed by atoms with Crippen LogP contribution in [0, 0.1) is 10.1 Å². The average Bonchev–Trinajstić information content (AvgIpc) is 2.70. The minimum absolute atomic E-state index is 0.169. The van der Waals surface area contributed by atoms with E-state index in [0.717, 1.165) is 5.56 Å². The molecule has 0 radical (unpaired) electrons. The van der Waals surface area contributed by atoms with Gasteiger partial charge < -0.3 is 19.8 Å². The van der Waals surface area contributed by atoms with Gasteiger partial charge in [0.15, 0.2) is 11.5 Å². The number of nitro benzene ring substituents is 1. The van der Waals surface area contributed by atoms with Crippen LogP contribution in [-0.2, 0) is 6.42 Å². The van der Waals surface area contributed by atoms with Gasteiger partial charge in [0.25, 0.3) is 11.2 Å². The molecule has 1 heterocycles. The molecule has 9 heteroatoms. The van der Waals surface area contributed by atoms with Crippen molar-refractivity contribution < 1.29 is 14.4 Å². The summed E-state index contributed by atoms with van der Waals surface area (Å²) in [7, 11) is 0. The number of hydrogen-bond donors (Lipinski definition) is 2. The lowest BCUT2D eigenvalue weighted by atomic mass is 10.1. The van der Waals surface area contributed by atoms with Crippen LogP contribution < -0.4 is 20.3 Å². The van der Waals surface area contributed by atoms with Crippen molar-refractivity contribution in [3.05, 3.63) is 62.7 Å². The Labute approximate surface area is 166 Å². The third-order valence-corrected chi connectivity index (χ3v) is 4.29. The summed E-state index contributed by atoms with van der Waals surface area (Å²) in [6.45, 7) is 5.34. The predicted octanol–water partition coefficient (Wildman–Crippen LogP) is 3.28. The number of anilines is 1.